The van der Waals surface area contributed by atoms with Gasteiger partial charge in [0.2, 0.25) is 0 Å². The smallest absolute Gasteiger partial charge is 0.253 e. The summed E-state index contributed by atoms with van der Waals surface area (Å²) in [7, 11) is 0. The van der Waals surface area contributed by atoms with Gasteiger partial charge in [0.1, 0.15) is 5.75 Å². The van der Waals surface area contributed by atoms with Gasteiger partial charge < -0.3 is 9.64 Å². The molecule has 2 aliphatic rings. The van der Waals surface area contributed by atoms with Gasteiger partial charge in [0.15, 0.2) is 0 Å². The second kappa shape index (κ2) is 8.33. The number of fused-ring (bicyclic) bond motifs is 1. The normalized spacial score (nSPS) is 16.2. The largest absolute Gasteiger partial charge is 0.493 e. The van der Waals surface area contributed by atoms with Crippen molar-refractivity contribution in [3.8, 4) is 16.9 Å². The molecule has 0 spiro atoms. The molecule has 2 heterocycles. The molecule has 152 valence electrons. The van der Waals surface area contributed by atoms with Gasteiger partial charge in [-0.2, -0.15) is 0 Å². The van der Waals surface area contributed by atoms with Gasteiger partial charge in [0, 0.05) is 44.7 Å². The van der Waals surface area contributed by atoms with Crippen molar-refractivity contribution >= 4 is 5.91 Å². The van der Waals surface area contributed by atoms with Gasteiger partial charge in [-0.15, -0.1) is 0 Å². The van der Waals surface area contributed by atoms with Crippen molar-refractivity contribution in [3.05, 3.63) is 89.5 Å². The van der Waals surface area contributed by atoms with E-state index in [0.717, 1.165) is 62.6 Å². The molecule has 0 bridgehead atoms. The van der Waals surface area contributed by atoms with Crippen molar-refractivity contribution in [1.82, 2.24) is 9.80 Å². The topological polar surface area (TPSA) is 32.8 Å². The first kappa shape index (κ1) is 18.9. The zero-order valence-electron chi connectivity index (χ0n) is 17.1. The first-order valence-corrected chi connectivity index (χ1v) is 10.7. The Labute approximate surface area is 177 Å². The number of benzene rings is 3. The van der Waals surface area contributed by atoms with E-state index in [0.29, 0.717) is 0 Å². The molecule has 0 N–H and O–H groups in total. The summed E-state index contributed by atoms with van der Waals surface area (Å²) in [6.07, 6.45) is 1.01. The van der Waals surface area contributed by atoms with Gasteiger partial charge in [-0.05, 0) is 40.5 Å². The van der Waals surface area contributed by atoms with Crippen LogP contribution < -0.4 is 4.74 Å². The fourth-order valence-electron chi connectivity index (χ4n) is 4.32. The lowest BCUT2D eigenvalue weighted by Crippen LogP contribution is -2.48. The maximum atomic E-state index is 12.9. The van der Waals surface area contributed by atoms with Crippen LogP contribution in [0.3, 0.4) is 0 Å². The van der Waals surface area contributed by atoms with E-state index >= 15 is 0 Å². The van der Waals surface area contributed by atoms with Crippen molar-refractivity contribution in [3.63, 3.8) is 0 Å². The number of ether oxygens (including phenoxy) is 1. The number of carbonyl (C=O) groups is 1. The van der Waals surface area contributed by atoms with E-state index in [1.165, 1.54) is 16.7 Å². The van der Waals surface area contributed by atoms with E-state index in [1.54, 1.807) is 0 Å². The van der Waals surface area contributed by atoms with Crippen LogP contribution in [0.4, 0.5) is 0 Å². The average Bonchev–Trinajstić information content (AvgIpc) is 3.28. The van der Waals surface area contributed by atoms with E-state index < -0.39 is 0 Å². The van der Waals surface area contributed by atoms with Gasteiger partial charge in [-0.1, -0.05) is 54.6 Å². The summed E-state index contributed by atoms with van der Waals surface area (Å²) in [6, 6.07) is 24.8. The Balaban J connectivity index is 1.18. The van der Waals surface area contributed by atoms with E-state index in [1.807, 2.05) is 47.4 Å². The first-order valence-electron chi connectivity index (χ1n) is 10.7. The molecule has 0 atom stereocenters. The fraction of sp³-hybridized carbons (Fsp3) is 0.269. The molecule has 2 aliphatic heterocycles. The number of carbonyl (C=O) groups excluding carboxylic acids is 1. The van der Waals surface area contributed by atoms with Crippen LogP contribution in [0.15, 0.2) is 72.8 Å². The van der Waals surface area contributed by atoms with Crippen molar-refractivity contribution < 1.29 is 9.53 Å². The summed E-state index contributed by atoms with van der Waals surface area (Å²) < 4.78 is 5.60. The van der Waals surface area contributed by atoms with Crippen LogP contribution in [-0.2, 0) is 13.0 Å². The van der Waals surface area contributed by atoms with E-state index in [9.17, 15) is 4.79 Å². The summed E-state index contributed by atoms with van der Waals surface area (Å²) in [5.41, 5.74) is 5.72. The molecule has 0 unspecified atom stereocenters. The molecular formula is C26H26N2O2. The maximum Gasteiger partial charge on any atom is 0.253 e. The molecule has 1 amide bonds. The molecular weight excluding hydrogens is 372 g/mol. The summed E-state index contributed by atoms with van der Waals surface area (Å²) in [5, 5.41) is 0. The number of hydrogen-bond donors (Lipinski definition) is 0. The lowest BCUT2D eigenvalue weighted by atomic mass is 10.0. The standard InChI is InChI=1S/C26H26N2O2/c29-26(23-9-7-22(8-10-23)21-4-2-1-3-5-21)28-15-13-27(14-16-28)19-20-6-11-25-24(18-20)12-17-30-25/h1-11,18H,12-17,19H2. The predicted molar refractivity (Wildman–Crippen MR) is 119 cm³/mol. The molecule has 3 aromatic rings. The third kappa shape index (κ3) is 3.96. The van der Waals surface area contributed by atoms with Gasteiger partial charge in [-0.3, -0.25) is 9.69 Å². The molecule has 4 heteroatoms. The Kier molecular flexibility index (Phi) is 5.24. The fourth-order valence-corrected chi connectivity index (χ4v) is 4.32. The van der Waals surface area contributed by atoms with Crippen molar-refractivity contribution in [1.29, 1.82) is 0 Å². The van der Waals surface area contributed by atoms with E-state index in [-0.39, 0.29) is 5.91 Å². The van der Waals surface area contributed by atoms with Crippen LogP contribution in [0.25, 0.3) is 11.1 Å². The number of nitrogens with zero attached hydrogens (tertiary/aromatic N) is 2. The Hall–Kier alpha value is -3.11. The van der Waals surface area contributed by atoms with Crippen LogP contribution in [0.2, 0.25) is 0 Å². The van der Waals surface area contributed by atoms with Crippen LogP contribution in [-0.4, -0.2) is 48.5 Å². The van der Waals surface area contributed by atoms with Crippen molar-refractivity contribution in [2.24, 2.45) is 0 Å². The number of amides is 1. The Morgan fingerprint density at radius 3 is 2.33 bits per heavy atom. The molecule has 0 saturated carbocycles. The minimum absolute atomic E-state index is 0.129. The molecule has 0 aromatic heterocycles. The third-order valence-electron chi connectivity index (χ3n) is 6.06. The molecule has 1 saturated heterocycles. The Morgan fingerprint density at radius 1 is 0.833 bits per heavy atom. The van der Waals surface area contributed by atoms with Gasteiger partial charge in [-0.25, -0.2) is 0 Å². The van der Waals surface area contributed by atoms with Crippen LogP contribution in [0.5, 0.6) is 5.75 Å². The average molecular weight is 399 g/mol. The lowest BCUT2D eigenvalue weighted by molar-refractivity contribution is 0.0628. The molecule has 30 heavy (non-hydrogen) atoms. The van der Waals surface area contributed by atoms with Gasteiger partial charge in [0.25, 0.3) is 5.91 Å². The third-order valence-corrected chi connectivity index (χ3v) is 6.06. The summed E-state index contributed by atoms with van der Waals surface area (Å²) in [4.78, 5) is 17.3. The highest BCUT2D eigenvalue weighted by atomic mass is 16.5. The molecule has 4 nitrogen and oxygen atoms in total. The van der Waals surface area contributed by atoms with E-state index in [4.69, 9.17) is 4.74 Å². The predicted octanol–water partition coefficient (Wildman–Crippen LogP) is 4.25. The molecule has 1 fully saturated rings. The SMILES string of the molecule is O=C(c1ccc(-c2ccccc2)cc1)N1CCN(Cc2ccc3c(c2)CCO3)CC1. The van der Waals surface area contributed by atoms with Crippen LogP contribution >= 0.6 is 0 Å². The van der Waals surface area contributed by atoms with Gasteiger partial charge in [0.05, 0.1) is 6.61 Å². The van der Waals surface area contributed by atoms with Crippen molar-refractivity contribution in [2.45, 2.75) is 13.0 Å². The number of hydrogen-bond acceptors (Lipinski definition) is 3. The monoisotopic (exact) mass is 398 g/mol. The highest BCUT2D eigenvalue weighted by Gasteiger charge is 2.22. The number of piperazine rings is 1. The minimum Gasteiger partial charge on any atom is -0.493 e. The molecule has 3 aromatic carbocycles. The summed E-state index contributed by atoms with van der Waals surface area (Å²) in [6.45, 7) is 5.08. The molecule has 0 radical (unpaired) electrons. The first-order chi connectivity index (χ1) is 14.8. The van der Waals surface area contributed by atoms with Crippen LogP contribution in [0, 0.1) is 0 Å². The quantitative estimate of drug-likeness (QED) is 0.659. The molecule has 0 aliphatic carbocycles. The number of rotatable bonds is 4. The van der Waals surface area contributed by atoms with Crippen LogP contribution in [0.1, 0.15) is 21.5 Å². The maximum absolute atomic E-state index is 12.9. The van der Waals surface area contributed by atoms with Crippen molar-refractivity contribution in [2.75, 3.05) is 32.8 Å². The highest BCUT2D eigenvalue weighted by Crippen LogP contribution is 2.26. The summed E-state index contributed by atoms with van der Waals surface area (Å²) in [5.74, 6) is 1.16. The second-order valence-electron chi connectivity index (χ2n) is 8.05. The van der Waals surface area contributed by atoms with E-state index in [2.05, 4.69) is 35.2 Å². The zero-order valence-corrected chi connectivity index (χ0v) is 17.1. The second-order valence-corrected chi connectivity index (χ2v) is 8.05. The zero-order chi connectivity index (χ0) is 20.3. The summed E-state index contributed by atoms with van der Waals surface area (Å²) >= 11 is 0. The van der Waals surface area contributed by atoms with Gasteiger partial charge >= 0.3 is 0 Å². The molecule has 5 rings (SSSR count). The minimum atomic E-state index is 0.129. The Bertz CT molecular complexity index is 1020. The lowest BCUT2D eigenvalue weighted by Gasteiger charge is -2.35. The highest BCUT2D eigenvalue weighted by molar-refractivity contribution is 5.94. The Morgan fingerprint density at radius 2 is 1.57 bits per heavy atom.